The molecule has 2 rings (SSSR count). The van der Waals surface area contributed by atoms with Gasteiger partial charge >= 0.3 is 23.5 Å². The molecular weight excluding hydrogens is 498 g/mol. The highest BCUT2D eigenvalue weighted by atomic mass is 32.1. The fourth-order valence-corrected chi connectivity index (χ4v) is 5.95. The van der Waals surface area contributed by atoms with E-state index in [9.17, 15) is 33.0 Å². The van der Waals surface area contributed by atoms with Gasteiger partial charge in [-0.3, -0.25) is 9.09 Å². The average Bonchev–Trinajstić information content (AvgIpc) is 2.81. The zero-order valence-corrected chi connectivity index (χ0v) is 18.3. The molecule has 0 aliphatic carbocycles. The van der Waals surface area contributed by atoms with Crippen molar-refractivity contribution < 1.29 is 60.6 Å². The molecule has 2 heterocycles. The Balaban J connectivity index is 2.25. The number of aromatic nitrogens is 2. The second kappa shape index (κ2) is 9.08. The summed E-state index contributed by atoms with van der Waals surface area (Å²) in [5.74, 6) is -3.21. The van der Waals surface area contributed by atoms with Crippen LogP contribution >= 0.6 is 35.7 Å². The number of hydrogen-bond donors (Lipinski definition) is 6. The van der Waals surface area contributed by atoms with Crippen molar-refractivity contribution in [3.63, 3.8) is 0 Å². The molecule has 20 heteroatoms. The largest absolute Gasteiger partial charge is 0.490 e. The summed E-state index contributed by atoms with van der Waals surface area (Å²) in [5, 5.41) is 9.57. The van der Waals surface area contributed by atoms with E-state index in [1.165, 1.54) is 6.92 Å². The highest BCUT2D eigenvalue weighted by Gasteiger charge is 2.49. The molecule has 30 heavy (non-hydrogen) atoms. The maximum absolute atomic E-state index is 13.8. The van der Waals surface area contributed by atoms with Gasteiger partial charge in [0.2, 0.25) is 4.77 Å². The molecule has 1 aromatic rings. The van der Waals surface area contributed by atoms with E-state index in [0.717, 1.165) is 10.8 Å². The molecule has 172 valence electrons. The summed E-state index contributed by atoms with van der Waals surface area (Å²) in [7, 11) is -16.8. The van der Waals surface area contributed by atoms with E-state index in [1.807, 2.05) is 0 Å². The summed E-state index contributed by atoms with van der Waals surface area (Å²) in [6.07, 6.45) is -2.08. The van der Waals surface area contributed by atoms with Gasteiger partial charge in [-0.2, -0.15) is 13.6 Å². The van der Waals surface area contributed by atoms with Gasteiger partial charge in [0, 0.05) is 18.0 Å². The number of nitrogens with two attached hydrogens (primary N) is 1. The quantitative estimate of drug-likeness (QED) is 0.207. The van der Waals surface area contributed by atoms with Gasteiger partial charge < -0.3 is 35.2 Å². The van der Waals surface area contributed by atoms with Crippen LogP contribution in [0.25, 0.3) is 0 Å². The van der Waals surface area contributed by atoms with E-state index in [0.29, 0.717) is 0 Å². The number of halogens is 1. The molecule has 4 unspecified atom stereocenters. The van der Waals surface area contributed by atoms with Crippen molar-refractivity contribution in [2.45, 2.75) is 19.4 Å². The molecule has 15 nitrogen and oxygen atoms in total. The van der Waals surface area contributed by atoms with Crippen LogP contribution in [0, 0.1) is 22.4 Å². The second-order valence-electron chi connectivity index (χ2n) is 5.96. The van der Waals surface area contributed by atoms with Crippen LogP contribution < -0.4 is 5.73 Å². The Hall–Kier alpha value is -0.640. The number of anilines is 1. The lowest BCUT2D eigenvalue weighted by Gasteiger charge is -2.22. The molecule has 1 saturated heterocycles. The number of aliphatic hydroxyl groups is 1. The second-order valence-corrected chi connectivity index (χ2v) is 10.7. The van der Waals surface area contributed by atoms with Crippen molar-refractivity contribution in [2.24, 2.45) is 11.8 Å². The predicted octanol–water partition coefficient (Wildman–Crippen LogP) is 0.777. The molecule has 6 atom stereocenters. The first-order valence-corrected chi connectivity index (χ1v) is 12.6. The van der Waals surface area contributed by atoms with E-state index >= 15 is 0 Å². The number of nitrogens with zero attached hydrogens (tertiary/aromatic N) is 2. The number of phosphoric acid groups is 3. The molecule has 1 fully saturated rings. The van der Waals surface area contributed by atoms with Gasteiger partial charge in [0.15, 0.2) is 17.9 Å². The lowest BCUT2D eigenvalue weighted by atomic mass is 9.95. The smallest absolute Gasteiger partial charge is 0.396 e. The zero-order valence-electron chi connectivity index (χ0n) is 14.8. The topological polar surface area (TPSA) is 233 Å². The third-order valence-electron chi connectivity index (χ3n) is 3.82. The Labute approximate surface area is 172 Å². The van der Waals surface area contributed by atoms with Crippen LogP contribution in [0.5, 0.6) is 0 Å². The molecule has 0 amide bonds. The Morgan fingerprint density at radius 3 is 2.40 bits per heavy atom. The zero-order chi connectivity index (χ0) is 23.1. The van der Waals surface area contributed by atoms with Crippen LogP contribution in [0.15, 0.2) is 6.20 Å². The standard InChI is InChI=1S/C10H17FN3O12P3S/c1-4-5(3-15)9(23-8(4)14-2-6(11)7(12)13-10(14)30)24-28(19,20)26-29(21,22)25-27(16,17)18/h2,4-5,8-9,15H,3H2,1H3,(H,19,20)(H,21,22)(H2,12,13,30)(H2,16,17,18)/t4?,5?,8-,9-/m1/s1. The van der Waals surface area contributed by atoms with Gasteiger partial charge in [-0.15, -0.1) is 0 Å². The first-order valence-electron chi connectivity index (χ1n) is 7.68. The fraction of sp³-hybridized carbons (Fsp3) is 0.600. The van der Waals surface area contributed by atoms with Gasteiger partial charge in [-0.1, -0.05) is 6.92 Å². The summed E-state index contributed by atoms with van der Waals surface area (Å²) in [4.78, 5) is 39.5. The SMILES string of the molecule is CC1C(CO)[C@@H](OP(=O)(O)OP(=O)(O)OP(=O)(O)O)O[C@H]1n1cc(F)c(N)nc1=S. The monoisotopic (exact) mass is 515 g/mol. The third kappa shape index (κ3) is 6.43. The van der Waals surface area contributed by atoms with E-state index in [4.69, 9.17) is 32.5 Å². The van der Waals surface area contributed by atoms with Crippen molar-refractivity contribution in [3.05, 3.63) is 16.8 Å². The van der Waals surface area contributed by atoms with Gasteiger partial charge in [0.25, 0.3) is 0 Å². The Morgan fingerprint density at radius 1 is 1.27 bits per heavy atom. The van der Waals surface area contributed by atoms with E-state index in [-0.39, 0.29) is 4.77 Å². The molecule has 0 bridgehead atoms. The highest BCUT2D eigenvalue weighted by molar-refractivity contribution is 7.71. The summed E-state index contributed by atoms with van der Waals surface area (Å²) < 4.78 is 65.9. The van der Waals surface area contributed by atoms with Crippen molar-refractivity contribution in [3.8, 4) is 0 Å². The van der Waals surface area contributed by atoms with Crippen LogP contribution in [0.4, 0.5) is 10.2 Å². The van der Waals surface area contributed by atoms with Gasteiger partial charge in [-0.05, 0) is 12.2 Å². The molecule has 0 spiro atoms. The summed E-state index contributed by atoms with van der Waals surface area (Å²) >= 11 is 4.97. The molecular formula is C10H17FN3O12P3S. The lowest BCUT2D eigenvalue weighted by molar-refractivity contribution is -0.125. The van der Waals surface area contributed by atoms with Crippen LogP contribution in [0.1, 0.15) is 13.2 Å². The van der Waals surface area contributed by atoms with E-state index in [1.54, 1.807) is 0 Å². The normalized spacial score (nSPS) is 28.8. The molecule has 0 aromatic carbocycles. The summed E-state index contributed by atoms with van der Waals surface area (Å²) in [6.45, 7) is 0.804. The summed E-state index contributed by atoms with van der Waals surface area (Å²) in [5.41, 5.74) is 5.31. The van der Waals surface area contributed by atoms with Crippen LogP contribution in [0.2, 0.25) is 0 Å². The number of ether oxygens (including phenoxy) is 1. The number of aliphatic hydroxyl groups excluding tert-OH is 1. The minimum Gasteiger partial charge on any atom is -0.396 e. The van der Waals surface area contributed by atoms with Crippen LogP contribution in [-0.4, -0.2) is 47.1 Å². The summed E-state index contributed by atoms with van der Waals surface area (Å²) in [6, 6.07) is 0. The van der Waals surface area contributed by atoms with Crippen molar-refractivity contribution >= 4 is 41.5 Å². The number of phosphoric ester groups is 1. The molecule has 7 N–H and O–H groups in total. The van der Waals surface area contributed by atoms with Crippen LogP contribution in [-0.2, 0) is 31.6 Å². The first kappa shape index (κ1) is 25.6. The van der Waals surface area contributed by atoms with Gasteiger partial charge in [0.1, 0.15) is 6.23 Å². The van der Waals surface area contributed by atoms with Crippen molar-refractivity contribution in [1.29, 1.82) is 0 Å². The maximum atomic E-state index is 13.8. The van der Waals surface area contributed by atoms with Crippen molar-refractivity contribution in [1.82, 2.24) is 9.55 Å². The maximum Gasteiger partial charge on any atom is 0.490 e. The minimum absolute atomic E-state index is 0.221. The van der Waals surface area contributed by atoms with Gasteiger partial charge in [0.05, 0.1) is 6.61 Å². The van der Waals surface area contributed by atoms with E-state index in [2.05, 4.69) is 18.1 Å². The third-order valence-corrected chi connectivity index (χ3v) is 7.92. The molecule has 1 aliphatic heterocycles. The minimum atomic E-state index is -5.74. The predicted molar refractivity (Wildman–Crippen MR) is 96.0 cm³/mol. The number of rotatable bonds is 8. The Bertz CT molecular complexity index is 1000. The number of nitrogen functional groups attached to an aromatic ring is 1. The Morgan fingerprint density at radius 2 is 1.87 bits per heavy atom. The molecule has 0 saturated carbocycles. The fourth-order valence-electron chi connectivity index (χ4n) is 2.57. The molecule has 1 aliphatic rings. The molecule has 0 radical (unpaired) electrons. The Kier molecular flexibility index (Phi) is 7.75. The number of hydrogen-bond acceptors (Lipinski definition) is 11. The van der Waals surface area contributed by atoms with E-state index < -0.39 is 66.1 Å². The first-order chi connectivity index (χ1) is 13.6. The van der Waals surface area contributed by atoms with Crippen LogP contribution in [0.3, 0.4) is 0 Å². The average molecular weight is 515 g/mol. The lowest BCUT2D eigenvalue weighted by Crippen LogP contribution is -2.25. The van der Waals surface area contributed by atoms with Gasteiger partial charge in [-0.25, -0.2) is 18.1 Å². The highest BCUT2D eigenvalue weighted by Crippen LogP contribution is 2.67. The molecule has 1 aromatic heterocycles. The van der Waals surface area contributed by atoms with Crippen molar-refractivity contribution in [2.75, 3.05) is 12.3 Å².